The quantitative estimate of drug-likeness (QED) is 0.801. The average Bonchev–Trinajstić information content (AvgIpc) is 3.12. The number of hydrogen-bond donors (Lipinski definition) is 1. The zero-order valence-electron chi connectivity index (χ0n) is 14.6. The Labute approximate surface area is 164 Å². The van der Waals surface area contributed by atoms with Gasteiger partial charge in [-0.2, -0.15) is 0 Å². The summed E-state index contributed by atoms with van der Waals surface area (Å²) in [6.07, 6.45) is 0.294. The Balaban J connectivity index is 1.82. The van der Waals surface area contributed by atoms with Crippen molar-refractivity contribution in [2.24, 2.45) is 5.92 Å². The molecule has 1 saturated heterocycles. The zero-order chi connectivity index (χ0) is 18.5. The van der Waals surface area contributed by atoms with Crippen LogP contribution in [0.3, 0.4) is 0 Å². The zero-order valence-corrected chi connectivity index (χ0v) is 16.1. The van der Waals surface area contributed by atoms with E-state index in [0.29, 0.717) is 21.7 Å². The number of likely N-dealkylation sites (tertiary alicyclic amines) is 1. The lowest BCUT2D eigenvalue weighted by Gasteiger charge is -2.25. The molecule has 2 atom stereocenters. The second kappa shape index (κ2) is 8.76. The van der Waals surface area contributed by atoms with Gasteiger partial charge in [-0.25, -0.2) is 0 Å². The predicted octanol–water partition coefficient (Wildman–Crippen LogP) is 4.18. The van der Waals surface area contributed by atoms with Gasteiger partial charge in [-0.3, -0.25) is 4.79 Å². The van der Waals surface area contributed by atoms with E-state index in [2.05, 4.69) is 5.32 Å². The van der Waals surface area contributed by atoms with E-state index in [4.69, 9.17) is 27.9 Å². The molecular weight excluding hydrogens is 371 g/mol. The summed E-state index contributed by atoms with van der Waals surface area (Å²) in [7, 11) is 1.94. The molecule has 6 heteroatoms. The standard InChI is InChI=1S/C20H22Cl2N2O2/c1-23-12-14-9-10-24(13-14)20(25)19(15-5-3-2-4-6-15)26-16-7-8-17(21)18(22)11-16/h2-8,11,14,19,23H,9-10,12-13H2,1H3. The Bertz CT molecular complexity index is 755. The Kier molecular flexibility index (Phi) is 6.41. The number of amides is 1. The first kappa shape index (κ1) is 19.0. The minimum Gasteiger partial charge on any atom is -0.476 e. The van der Waals surface area contributed by atoms with Crippen LogP contribution in [-0.2, 0) is 4.79 Å². The van der Waals surface area contributed by atoms with E-state index in [1.807, 2.05) is 42.3 Å². The fraction of sp³-hybridized carbons (Fsp3) is 0.350. The van der Waals surface area contributed by atoms with Crippen LogP contribution in [0.4, 0.5) is 0 Å². The first-order valence-corrected chi connectivity index (χ1v) is 9.44. The third-order valence-corrected chi connectivity index (χ3v) is 5.30. The van der Waals surface area contributed by atoms with Crippen LogP contribution < -0.4 is 10.1 Å². The smallest absolute Gasteiger partial charge is 0.268 e. The molecule has 0 bridgehead atoms. The molecule has 1 heterocycles. The third-order valence-electron chi connectivity index (χ3n) is 4.56. The molecule has 0 aliphatic carbocycles. The largest absolute Gasteiger partial charge is 0.476 e. The average molecular weight is 393 g/mol. The molecule has 0 saturated carbocycles. The highest BCUT2D eigenvalue weighted by atomic mass is 35.5. The van der Waals surface area contributed by atoms with Gasteiger partial charge < -0.3 is 15.0 Å². The number of rotatable bonds is 6. The number of hydrogen-bond acceptors (Lipinski definition) is 3. The summed E-state index contributed by atoms with van der Waals surface area (Å²) in [5, 5.41) is 4.04. The topological polar surface area (TPSA) is 41.6 Å². The Morgan fingerprint density at radius 3 is 2.69 bits per heavy atom. The molecule has 1 N–H and O–H groups in total. The van der Waals surface area contributed by atoms with Crippen molar-refractivity contribution in [3.05, 3.63) is 64.1 Å². The van der Waals surface area contributed by atoms with Gasteiger partial charge in [0.15, 0.2) is 0 Å². The van der Waals surface area contributed by atoms with Gasteiger partial charge in [-0.15, -0.1) is 0 Å². The summed E-state index contributed by atoms with van der Waals surface area (Å²) in [5.41, 5.74) is 0.820. The van der Waals surface area contributed by atoms with Gasteiger partial charge in [-0.1, -0.05) is 53.5 Å². The van der Waals surface area contributed by atoms with Gasteiger partial charge in [0.25, 0.3) is 5.91 Å². The van der Waals surface area contributed by atoms with Crippen LogP contribution >= 0.6 is 23.2 Å². The van der Waals surface area contributed by atoms with E-state index in [1.165, 1.54) is 0 Å². The molecule has 26 heavy (non-hydrogen) atoms. The summed E-state index contributed by atoms with van der Waals surface area (Å²) >= 11 is 12.1. The highest BCUT2D eigenvalue weighted by molar-refractivity contribution is 6.42. The van der Waals surface area contributed by atoms with Crippen LogP contribution in [0.15, 0.2) is 48.5 Å². The molecule has 0 radical (unpaired) electrons. The highest BCUT2D eigenvalue weighted by Crippen LogP contribution is 2.31. The van der Waals surface area contributed by atoms with Crippen LogP contribution in [0.2, 0.25) is 10.0 Å². The molecule has 138 valence electrons. The minimum absolute atomic E-state index is 0.0270. The van der Waals surface area contributed by atoms with Crippen molar-refractivity contribution < 1.29 is 9.53 Å². The van der Waals surface area contributed by atoms with Crippen LogP contribution in [-0.4, -0.2) is 37.5 Å². The van der Waals surface area contributed by atoms with Gasteiger partial charge in [0.05, 0.1) is 10.0 Å². The van der Waals surface area contributed by atoms with Gasteiger partial charge in [0.1, 0.15) is 5.75 Å². The van der Waals surface area contributed by atoms with Crippen molar-refractivity contribution in [2.75, 3.05) is 26.7 Å². The number of nitrogens with one attached hydrogen (secondary N) is 1. The number of carbonyl (C=O) groups is 1. The molecule has 1 aliphatic rings. The molecule has 2 aromatic carbocycles. The highest BCUT2D eigenvalue weighted by Gasteiger charge is 2.32. The molecule has 1 aliphatic heterocycles. The number of halogens is 2. The number of carbonyl (C=O) groups excluding carboxylic acids is 1. The second-order valence-corrected chi connectivity index (χ2v) is 7.30. The maximum absolute atomic E-state index is 13.2. The summed E-state index contributed by atoms with van der Waals surface area (Å²) in [6.45, 7) is 2.40. The van der Waals surface area contributed by atoms with Crippen LogP contribution in [0.25, 0.3) is 0 Å². The van der Waals surface area contributed by atoms with Gasteiger partial charge in [0.2, 0.25) is 6.10 Å². The summed E-state index contributed by atoms with van der Waals surface area (Å²) in [6, 6.07) is 14.6. The maximum Gasteiger partial charge on any atom is 0.268 e. The Morgan fingerprint density at radius 2 is 2.00 bits per heavy atom. The molecule has 0 aromatic heterocycles. The van der Waals surface area contributed by atoms with Crippen LogP contribution in [0, 0.1) is 5.92 Å². The van der Waals surface area contributed by atoms with E-state index < -0.39 is 6.10 Å². The Hall–Kier alpha value is -1.75. The van der Waals surface area contributed by atoms with Gasteiger partial charge in [-0.05, 0) is 38.1 Å². The molecular formula is C20H22Cl2N2O2. The van der Waals surface area contributed by atoms with Crippen molar-refractivity contribution in [1.82, 2.24) is 10.2 Å². The van der Waals surface area contributed by atoms with E-state index in [1.54, 1.807) is 18.2 Å². The molecule has 0 spiro atoms. The minimum atomic E-state index is -0.707. The normalized spacial score (nSPS) is 18.0. The van der Waals surface area contributed by atoms with Gasteiger partial charge >= 0.3 is 0 Å². The lowest BCUT2D eigenvalue weighted by molar-refractivity contribution is -0.138. The van der Waals surface area contributed by atoms with E-state index >= 15 is 0 Å². The molecule has 2 unspecified atom stereocenters. The van der Waals surface area contributed by atoms with Crippen LogP contribution in [0.1, 0.15) is 18.1 Å². The predicted molar refractivity (Wildman–Crippen MR) is 105 cm³/mol. The van der Waals surface area contributed by atoms with Crippen LogP contribution in [0.5, 0.6) is 5.75 Å². The molecule has 4 nitrogen and oxygen atoms in total. The maximum atomic E-state index is 13.2. The molecule has 3 rings (SSSR count). The second-order valence-electron chi connectivity index (χ2n) is 6.48. The monoisotopic (exact) mass is 392 g/mol. The number of nitrogens with zero attached hydrogens (tertiary/aromatic N) is 1. The van der Waals surface area contributed by atoms with Crippen molar-refractivity contribution >= 4 is 29.1 Å². The molecule has 1 amide bonds. The van der Waals surface area contributed by atoms with E-state index in [9.17, 15) is 4.79 Å². The lowest BCUT2D eigenvalue weighted by Crippen LogP contribution is -2.36. The summed E-state index contributed by atoms with van der Waals surface area (Å²) in [4.78, 5) is 15.1. The number of ether oxygens (including phenoxy) is 1. The first-order valence-electron chi connectivity index (χ1n) is 8.68. The molecule has 2 aromatic rings. The SMILES string of the molecule is CNCC1CCN(C(=O)C(Oc2ccc(Cl)c(Cl)c2)c2ccccc2)C1. The van der Waals surface area contributed by atoms with E-state index in [0.717, 1.165) is 31.6 Å². The van der Waals surface area contributed by atoms with Gasteiger partial charge in [0, 0.05) is 24.7 Å². The number of benzene rings is 2. The van der Waals surface area contributed by atoms with Crippen molar-refractivity contribution in [1.29, 1.82) is 0 Å². The fourth-order valence-corrected chi connectivity index (χ4v) is 3.52. The summed E-state index contributed by atoms with van der Waals surface area (Å²) < 4.78 is 6.06. The third kappa shape index (κ3) is 4.50. The fourth-order valence-electron chi connectivity index (χ4n) is 3.23. The van der Waals surface area contributed by atoms with E-state index in [-0.39, 0.29) is 5.91 Å². The van der Waals surface area contributed by atoms with Crippen molar-refractivity contribution in [2.45, 2.75) is 12.5 Å². The lowest BCUT2D eigenvalue weighted by atomic mass is 10.1. The first-order chi connectivity index (χ1) is 12.6. The van der Waals surface area contributed by atoms with Crippen molar-refractivity contribution in [3.8, 4) is 5.75 Å². The Morgan fingerprint density at radius 1 is 1.23 bits per heavy atom. The molecule has 1 fully saturated rings. The van der Waals surface area contributed by atoms with Crippen molar-refractivity contribution in [3.63, 3.8) is 0 Å². The summed E-state index contributed by atoms with van der Waals surface area (Å²) in [5.74, 6) is 0.971.